The maximum absolute atomic E-state index is 10.6. The maximum atomic E-state index is 10.6. The summed E-state index contributed by atoms with van der Waals surface area (Å²) >= 11 is 4.00. The molecule has 1 aliphatic rings. The third-order valence-electron chi connectivity index (χ3n) is 3.81. The predicted molar refractivity (Wildman–Crippen MR) is 88.4 cm³/mol. The van der Waals surface area contributed by atoms with Crippen molar-refractivity contribution in [2.45, 2.75) is 50.2 Å². The second kappa shape index (κ2) is 7.05. The summed E-state index contributed by atoms with van der Waals surface area (Å²) < 4.78 is 0. The Kier molecular flexibility index (Phi) is 5.67. The smallest absolute Gasteiger partial charge is 0.0709 e. The molecule has 3 unspecified atom stereocenters. The largest absolute Gasteiger partial charge is 0.392 e. The van der Waals surface area contributed by atoms with Gasteiger partial charge in [0, 0.05) is 22.0 Å². The van der Waals surface area contributed by atoms with Crippen LogP contribution in [0.15, 0.2) is 18.2 Å². The van der Waals surface area contributed by atoms with Crippen LogP contribution in [0.4, 0.5) is 0 Å². The highest BCUT2D eigenvalue weighted by molar-refractivity contribution is 8.07. The zero-order valence-electron chi connectivity index (χ0n) is 12.1. The van der Waals surface area contributed by atoms with Crippen molar-refractivity contribution in [2.24, 2.45) is 0 Å². The van der Waals surface area contributed by atoms with E-state index >= 15 is 0 Å². The second-order valence-electron chi connectivity index (χ2n) is 5.35. The lowest BCUT2D eigenvalue weighted by Gasteiger charge is -2.33. The molecule has 1 aromatic rings. The van der Waals surface area contributed by atoms with Gasteiger partial charge < -0.3 is 5.11 Å². The number of aliphatic hydroxyl groups is 1. The van der Waals surface area contributed by atoms with Crippen molar-refractivity contribution in [1.82, 2.24) is 0 Å². The molecule has 1 aromatic carbocycles. The Morgan fingerprint density at radius 3 is 2.74 bits per heavy atom. The van der Waals surface area contributed by atoms with Crippen LogP contribution in [-0.4, -0.2) is 33.2 Å². The van der Waals surface area contributed by atoms with Crippen molar-refractivity contribution in [3.8, 4) is 0 Å². The van der Waals surface area contributed by atoms with Gasteiger partial charge in [0.15, 0.2) is 0 Å². The molecule has 0 radical (unpaired) electrons. The summed E-state index contributed by atoms with van der Waals surface area (Å²) in [5.74, 6) is 2.41. The third kappa shape index (κ3) is 3.93. The van der Waals surface area contributed by atoms with Crippen molar-refractivity contribution in [3.05, 3.63) is 34.9 Å². The zero-order valence-corrected chi connectivity index (χ0v) is 13.7. The van der Waals surface area contributed by atoms with Crippen LogP contribution < -0.4 is 0 Å². The summed E-state index contributed by atoms with van der Waals surface area (Å²) in [5.41, 5.74) is 3.88. The van der Waals surface area contributed by atoms with E-state index in [9.17, 15) is 5.11 Å². The number of benzene rings is 1. The molecule has 1 nitrogen and oxygen atoms in total. The molecule has 0 aliphatic carbocycles. The van der Waals surface area contributed by atoms with E-state index in [1.165, 1.54) is 28.2 Å². The molecule has 3 heteroatoms. The number of aryl methyl sites for hydroxylation is 2. The Balaban J connectivity index is 2.06. The SMILES string of the molecule is CCC1SCCSC1C(O)Cc1cc(C)ccc1C. The Labute approximate surface area is 125 Å². The first-order valence-electron chi connectivity index (χ1n) is 7.09. The molecule has 1 aliphatic heterocycles. The van der Waals surface area contributed by atoms with Crippen molar-refractivity contribution in [3.63, 3.8) is 0 Å². The van der Waals surface area contributed by atoms with Gasteiger partial charge in [0.2, 0.25) is 0 Å². The van der Waals surface area contributed by atoms with Crippen molar-refractivity contribution in [2.75, 3.05) is 11.5 Å². The molecular formula is C16H24OS2. The molecule has 19 heavy (non-hydrogen) atoms. The van der Waals surface area contributed by atoms with E-state index in [0.717, 1.165) is 12.8 Å². The minimum atomic E-state index is -0.219. The lowest BCUT2D eigenvalue weighted by Crippen LogP contribution is -2.37. The van der Waals surface area contributed by atoms with E-state index in [2.05, 4.69) is 39.0 Å². The van der Waals surface area contributed by atoms with E-state index in [4.69, 9.17) is 0 Å². The highest BCUT2D eigenvalue weighted by atomic mass is 32.2. The van der Waals surface area contributed by atoms with E-state index in [0.29, 0.717) is 10.5 Å². The summed E-state index contributed by atoms with van der Waals surface area (Å²) in [4.78, 5) is 0. The summed E-state index contributed by atoms with van der Waals surface area (Å²) in [7, 11) is 0. The number of thioether (sulfide) groups is 2. The van der Waals surface area contributed by atoms with E-state index in [-0.39, 0.29) is 6.10 Å². The predicted octanol–water partition coefficient (Wildman–Crippen LogP) is 3.83. The van der Waals surface area contributed by atoms with Crippen LogP contribution in [0.1, 0.15) is 30.0 Å². The Morgan fingerprint density at radius 1 is 1.26 bits per heavy atom. The van der Waals surface area contributed by atoms with Gasteiger partial charge in [-0.05, 0) is 37.8 Å². The summed E-state index contributed by atoms with van der Waals surface area (Å²) in [6, 6.07) is 6.53. The molecule has 2 rings (SSSR count). The fourth-order valence-corrected chi connectivity index (χ4v) is 5.80. The van der Waals surface area contributed by atoms with Crippen LogP contribution in [0, 0.1) is 13.8 Å². The van der Waals surface area contributed by atoms with Crippen molar-refractivity contribution in [1.29, 1.82) is 0 Å². The average molecular weight is 297 g/mol. The van der Waals surface area contributed by atoms with Crippen LogP contribution >= 0.6 is 23.5 Å². The molecule has 0 amide bonds. The first-order valence-corrected chi connectivity index (χ1v) is 9.19. The Hall–Kier alpha value is -0.120. The van der Waals surface area contributed by atoms with Crippen LogP contribution in [0.2, 0.25) is 0 Å². The molecule has 106 valence electrons. The van der Waals surface area contributed by atoms with Gasteiger partial charge in [-0.1, -0.05) is 30.7 Å². The number of aliphatic hydroxyl groups excluding tert-OH is 1. The molecule has 1 fully saturated rings. The van der Waals surface area contributed by atoms with Gasteiger partial charge in [0.05, 0.1) is 6.10 Å². The van der Waals surface area contributed by atoms with E-state index in [1.807, 2.05) is 23.5 Å². The minimum absolute atomic E-state index is 0.219. The lowest BCUT2D eigenvalue weighted by molar-refractivity contribution is 0.169. The van der Waals surface area contributed by atoms with Gasteiger partial charge >= 0.3 is 0 Å². The zero-order chi connectivity index (χ0) is 13.8. The standard InChI is InChI=1S/C16H24OS2/c1-4-15-16(19-8-7-18-15)14(17)10-13-9-11(2)5-6-12(13)3/h5-6,9,14-17H,4,7-8,10H2,1-3H3. The van der Waals surface area contributed by atoms with Crippen LogP contribution in [0.3, 0.4) is 0 Å². The number of hydrogen-bond donors (Lipinski definition) is 1. The van der Waals surface area contributed by atoms with Crippen molar-refractivity contribution < 1.29 is 5.11 Å². The lowest BCUT2D eigenvalue weighted by atomic mass is 9.97. The summed E-state index contributed by atoms with van der Waals surface area (Å²) in [5, 5.41) is 11.6. The first-order chi connectivity index (χ1) is 9.11. The second-order valence-corrected chi connectivity index (χ2v) is 7.99. The third-order valence-corrected chi connectivity index (χ3v) is 7.20. The highest BCUT2D eigenvalue weighted by Crippen LogP contribution is 2.36. The van der Waals surface area contributed by atoms with E-state index in [1.54, 1.807) is 0 Å². The molecular weight excluding hydrogens is 272 g/mol. The normalized spacial score (nSPS) is 25.3. The van der Waals surface area contributed by atoms with E-state index < -0.39 is 0 Å². The fraction of sp³-hybridized carbons (Fsp3) is 0.625. The van der Waals surface area contributed by atoms with Gasteiger partial charge in [-0.25, -0.2) is 0 Å². The molecule has 1 N–H and O–H groups in total. The molecule has 1 saturated heterocycles. The van der Waals surface area contributed by atoms with Gasteiger partial charge in [0.25, 0.3) is 0 Å². The van der Waals surface area contributed by atoms with Gasteiger partial charge in [-0.2, -0.15) is 23.5 Å². The molecule has 0 aromatic heterocycles. The monoisotopic (exact) mass is 296 g/mol. The summed E-state index contributed by atoms with van der Waals surface area (Å²) in [6.07, 6.45) is 1.73. The molecule has 0 spiro atoms. The van der Waals surface area contributed by atoms with Crippen LogP contribution in [-0.2, 0) is 6.42 Å². The highest BCUT2D eigenvalue weighted by Gasteiger charge is 2.31. The van der Waals surface area contributed by atoms with Crippen LogP contribution in [0.5, 0.6) is 0 Å². The van der Waals surface area contributed by atoms with Gasteiger partial charge in [-0.15, -0.1) is 0 Å². The quantitative estimate of drug-likeness (QED) is 0.912. The maximum Gasteiger partial charge on any atom is 0.0709 e. The van der Waals surface area contributed by atoms with Gasteiger partial charge in [0.1, 0.15) is 0 Å². The first kappa shape index (κ1) is 15.3. The van der Waals surface area contributed by atoms with Crippen LogP contribution in [0.25, 0.3) is 0 Å². The Morgan fingerprint density at radius 2 is 2.00 bits per heavy atom. The van der Waals surface area contributed by atoms with Gasteiger partial charge in [-0.3, -0.25) is 0 Å². The average Bonchev–Trinajstić information content (AvgIpc) is 2.42. The Bertz CT molecular complexity index is 419. The fourth-order valence-electron chi connectivity index (χ4n) is 2.66. The molecule has 1 heterocycles. The van der Waals surface area contributed by atoms with Crippen molar-refractivity contribution >= 4 is 23.5 Å². The number of hydrogen-bond acceptors (Lipinski definition) is 3. The molecule has 0 bridgehead atoms. The molecule has 3 atom stereocenters. The minimum Gasteiger partial charge on any atom is -0.392 e. The topological polar surface area (TPSA) is 20.2 Å². The summed E-state index contributed by atoms with van der Waals surface area (Å²) in [6.45, 7) is 6.50. The number of rotatable bonds is 4. The molecule has 0 saturated carbocycles.